The van der Waals surface area contributed by atoms with Crippen molar-refractivity contribution >= 4 is 0 Å². The summed E-state index contributed by atoms with van der Waals surface area (Å²) in [5.74, 6) is 0. The molecule has 128 valence electrons. The van der Waals surface area contributed by atoms with E-state index in [2.05, 4.69) is 86.3 Å². The van der Waals surface area contributed by atoms with E-state index in [1.165, 1.54) is 33.4 Å². The van der Waals surface area contributed by atoms with E-state index in [1.54, 1.807) is 0 Å². The molecule has 0 saturated heterocycles. The standard InChI is InChI=1S/C21H29N3/c1-22(2)14-20-18(13-24(5)15-23(3)4)11-10-17-12-16-8-6-7-9-19(16)21(17)20/h6-11H,12-15H2,1-5H3. The van der Waals surface area contributed by atoms with E-state index in [-0.39, 0.29) is 0 Å². The fraction of sp³-hybridized carbons (Fsp3) is 0.429. The molecule has 0 unspecified atom stereocenters. The predicted molar refractivity (Wildman–Crippen MR) is 102 cm³/mol. The van der Waals surface area contributed by atoms with E-state index >= 15 is 0 Å². The molecule has 3 heteroatoms. The normalized spacial score (nSPS) is 13.0. The fourth-order valence-electron chi connectivity index (χ4n) is 3.81. The van der Waals surface area contributed by atoms with Crippen LogP contribution in [0.3, 0.4) is 0 Å². The molecule has 1 aliphatic carbocycles. The first-order valence-electron chi connectivity index (χ1n) is 8.65. The van der Waals surface area contributed by atoms with Crippen LogP contribution in [-0.2, 0) is 19.5 Å². The molecular formula is C21H29N3. The second-order valence-corrected chi connectivity index (χ2v) is 7.54. The summed E-state index contributed by atoms with van der Waals surface area (Å²) in [6, 6.07) is 13.6. The van der Waals surface area contributed by atoms with Crippen LogP contribution < -0.4 is 0 Å². The average Bonchev–Trinajstić information content (AvgIpc) is 2.87. The van der Waals surface area contributed by atoms with Gasteiger partial charge in [0.2, 0.25) is 0 Å². The van der Waals surface area contributed by atoms with E-state index in [9.17, 15) is 0 Å². The van der Waals surface area contributed by atoms with Crippen LogP contribution in [0.4, 0.5) is 0 Å². The Hall–Kier alpha value is -1.68. The molecule has 0 amide bonds. The summed E-state index contributed by atoms with van der Waals surface area (Å²) in [7, 11) is 10.8. The van der Waals surface area contributed by atoms with E-state index in [4.69, 9.17) is 0 Å². The van der Waals surface area contributed by atoms with Crippen molar-refractivity contribution in [3.05, 3.63) is 58.7 Å². The van der Waals surface area contributed by atoms with Crippen molar-refractivity contribution in [3.63, 3.8) is 0 Å². The van der Waals surface area contributed by atoms with Gasteiger partial charge in [-0.1, -0.05) is 36.4 Å². The summed E-state index contributed by atoms with van der Waals surface area (Å²) in [4.78, 5) is 6.88. The molecule has 24 heavy (non-hydrogen) atoms. The quantitative estimate of drug-likeness (QED) is 0.645. The molecular weight excluding hydrogens is 294 g/mol. The molecule has 0 saturated carbocycles. The Balaban J connectivity index is 2.02. The van der Waals surface area contributed by atoms with Gasteiger partial charge in [-0.3, -0.25) is 9.80 Å². The zero-order valence-electron chi connectivity index (χ0n) is 15.6. The van der Waals surface area contributed by atoms with E-state index in [0.717, 1.165) is 26.2 Å². The van der Waals surface area contributed by atoms with Crippen molar-refractivity contribution in [1.82, 2.24) is 14.7 Å². The number of rotatable bonds is 6. The number of fused-ring (bicyclic) bond motifs is 3. The highest BCUT2D eigenvalue weighted by molar-refractivity contribution is 5.80. The Bertz CT molecular complexity index is 719. The van der Waals surface area contributed by atoms with Crippen molar-refractivity contribution in [1.29, 1.82) is 0 Å². The summed E-state index contributed by atoms with van der Waals surface area (Å²) in [5.41, 5.74) is 8.80. The second-order valence-electron chi connectivity index (χ2n) is 7.54. The van der Waals surface area contributed by atoms with Gasteiger partial charge in [0, 0.05) is 13.1 Å². The molecule has 0 bridgehead atoms. The maximum Gasteiger partial charge on any atom is 0.0501 e. The summed E-state index contributed by atoms with van der Waals surface area (Å²) in [6.07, 6.45) is 1.07. The van der Waals surface area contributed by atoms with Crippen molar-refractivity contribution in [2.45, 2.75) is 19.5 Å². The van der Waals surface area contributed by atoms with Crippen molar-refractivity contribution < 1.29 is 0 Å². The minimum atomic E-state index is 0.967. The number of nitrogens with zero attached hydrogens (tertiary/aromatic N) is 3. The molecule has 2 aromatic carbocycles. The Labute approximate surface area is 146 Å². The third-order valence-electron chi connectivity index (χ3n) is 4.60. The smallest absolute Gasteiger partial charge is 0.0501 e. The molecule has 0 heterocycles. The minimum absolute atomic E-state index is 0.967. The zero-order chi connectivity index (χ0) is 17.3. The Kier molecular flexibility index (Phi) is 5.04. The molecule has 0 atom stereocenters. The lowest BCUT2D eigenvalue weighted by Gasteiger charge is -2.25. The molecule has 0 spiro atoms. The predicted octanol–water partition coefficient (Wildman–Crippen LogP) is 3.27. The SMILES string of the molecule is CN(C)Cc1c(CN(C)CN(C)C)ccc2c1-c1ccccc1C2. The molecule has 0 N–H and O–H groups in total. The first-order valence-corrected chi connectivity index (χ1v) is 8.65. The van der Waals surface area contributed by atoms with Crippen LogP contribution in [-0.4, -0.2) is 56.6 Å². The summed E-state index contributed by atoms with van der Waals surface area (Å²) < 4.78 is 0. The molecule has 0 radical (unpaired) electrons. The largest absolute Gasteiger partial charge is 0.305 e. The van der Waals surface area contributed by atoms with Crippen LogP contribution in [0.5, 0.6) is 0 Å². The summed E-state index contributed by atoms with van der Waals surface area (Å²) >= 11 is 0. The van der Waals surface area contributed by atoms with Crippen LogP contribution in [0.1, 0.15) is 22.3 Å². The number of hydrogen-bond donors (Lipinski definition) is 0. The van der Waals surface area contributed by atoms with Gasteiger partial charge in [-0.15, -0.1) is 0 Å². The molecule has 1 aliphatic rings. The third kappa shape index (κ3) is 3.54. The van der Waals surface area contributed by atoms with Gasteiger partial charge >= 0.3 is 0 Å². The number of hydrogen-bond acceptors (Lipinski definition) is 3. The molecule has 0 aromatic heterocycles. The molecule has 3 nitrogen and oxygen atoms in total. The monoisotopic (exact) mass is 323 g/mol. The van der Waals surface area contributed by atoms with Gasteiger partial charge < -0.3 is 4.90 Å². The van der Waals surface area contributed by atoms with Crippen molar-refractivity contribution in [2.24, 2.45) is 0 Å². The lowest BCUT2D eigenvalue weighted by atomic mass is 9.94. The van der Waals surface area contributed by atoms with Gasteiger partial charge in [0.1, 0.15) is 0 Å². The van der Waals surface area contributed by atoms with Crippen LogP contribution in [0.25, 0.3) is 11.1 Å². The van der Waals surface area contributed by atoms with Gasteiger partial charge in [0.25, 0.3) is 0 Å². The van der Waals surface area contributed by atoms with Crippen molar-refractivity contribution in [3.8, 4) is 11.1 Å². The van der Waals surface area contributed by atoms with Crippen LogP contribution in [0.2, 0.25) is 0 Å². The maximum atomic E-state index is 2.38. The molecule has 2 aromatic rings. The summed E-state index contributed by atoms with van der Waals surface area (Å²) in [5, 5.41) is 0. The summed E-state index contributed by atoms with van der Waals surface area (Å²) in [6.45, 7) is 2.94. The number of benzene rings is 2. The van der Waals surface area contributed by atoms with Crippen LogP contribution in [0.15, 0.2) is 36.4 Å². The zero-order valence-corrected chi connectivity index (χ0v) is 15.6. The highest BCUT2D eigenvalue weighted by Gasteiger charge is 2.23. The third-order valence-corrected chi connectivity index (χ3v) is 4.60. The van der Waals surface area contributed by atoms with E-state index in [0.29, 0.717) is 0 Å². The molecule has 0 aliphatic heterocycles. The van der Waals surface area contributed by atoms with Gasteiger partial charge in [-0.2, -0.15) is 0 Å². The first-order chi connectivity index (χ1) is 11.5. The van der Waals surface area contributed by atoms with Crippen LogP contribution in [0, 0.1) is 0 Å². The van der Waals surface area contributed by atoms with Gasteiger partial charge in [0.15, 0.2) is 0 Å². The minimum Gasteiger partial charge on any atom is -0.305 e. The topological polar surface area (TPSA) is 9.72 Å². The first kappa shape index (κ1) is 17.2. The Morgan fingerprint density at radius 2 is 1.54 bits per heavy atom. The Morgan fingerprint density at radius 1 is 0.792 bits per heavy atom. The fourth-order valence-corrected chi connectivity index (χ4v) is 3.81. The lowest BCUT2D eigenvalue weighted by molar-refractivity contribution is 0.203. The van der Waals surface area contributed by atoms with Gasteiger partial charge in [0.05, 0.1) is 6.67 Å². The van der Waals surface area contributed by atoms with Crippen molar-refractivity contribution in [2.75, 3.05) is 41.9 Å². The van der Waals surface area contributed by atoms with Gasteiger partial charge in [-0.25, -0.2) is 0 Å². The van der Waals surface area contributed by atoms with Crippen LogP contribution >= 0.6 is 0 Å². The van der Waals surface area contributed by atoms with E-state index in [1.807, 2.05) is 0 Å². The maximum absolute atomic E-state index is 2.38. The lowest BCUT2D eigenvalue weighted by Crippen LogP contribution is -2.30. The average molecular weight is 323 g/mol. The highest BCUT2D eigenvalue weighted by Crippen LogP contribution is 2.40. The highest BCUT2D eigenvalue weighted by atomic mass is 15.3. The Morgan fingerprint density at radius 3 is 2.25 bits per heavy atom. The van der Waals surface area contributed by atoms with Gasteiger partial charge in [-0.05, 0) is 75.0 Å². The molecule has 0 fully saturated rings. The second kappa shape index (κ2) is 7.06. The molecule has 3 rings (SSSR count). The van der Waals surface area contributed by atoms with E-state index < -0.39 is 0 Å².